The van der Waals surface area contributed by atoms with Gasteiger partial charge < -0.3 is 9.13 Å². The first-order valence-corrected chi connectivity index (χ1v) is 6.54. The fourth-order valence-electron chi connectivity index (χ4n) is 2.43. The lowest BCUT2D eigenvalue weighted by Gasteiger charge is -2.15. The normalized spacial score (nSPS) is 10.4. The number of para-hydroxylation sites is 2. The first-order valence-electron chi connectivity index (χ1n) is 6.54. The van der Waals surface area contributed by atoms with Crippen LogP contribution in [0.3, 0.4) is 0 Å². The van der Waals surface area contributed by atoms with Crippen LogP contribution in [0.5, 0.6) is 0 Å². The van der Waals surface area contributed by atoms with Gasteiger partial charge in [-0.15, -0.1) is 0 Å². The van der Waals surface area contributed by atoms with Crippen LogP contribution >= 0.6 is 0 Å². The van der Waals surface area contributed by atoms with E-state index in [9.17, 15) is 0 Å². The number of rotatable bonds is 4. The molecule has 2 aromatic heterocycles. The molecule has 0 unspecified atom stereocenters. The zero-order valence-electron chi connectivity index (χ0n) is 11.2. The topological polar surface area (TPSA) is 9.86 Å². The second kappa shape index (κ2) is 5.10. The Balaban J connectivity index is 2.24. The summed E-state index contributed by atoms with van der Waals surface area (Å²) in [5.74, 6) is 0. The third-order valence-electron chi connectivity index (χ3n) is 3.38. The van der Waals surface area contributed by atoms with E-state index < -0.39 is 0 Å². The largest absolute Gasteiger partial charge is 0.315 e. The van der Waals surface area contributed by atoms with Gasteiger partial charge in [-0.25, -0.2) is 0 Å². The first kappa shape index (κ1) is 12.3. The summed E-state index contributed by atoms with van der Waals surface area (Å²) in [6.45, 7) is 7.74. The van der Waals surface area contributed by atoms with Gasteiger partial charge in [0.1, 0.15) is 0 Å². The van der Waals surface area contributed by atoms with Gasteiger partial charge >= 0.3 is 0 Å². The van der Waals surface area contributed by atoms with Gasteiger partial charge in [0.2, 0.25) is 0 Å². The predicted octanol–water partition coefficient (Wildman–Crippen LogP) is 4.55. The highest BCUT2D eigenvalue weighted by molar-refractivity contribution is 5.60. The van der Waals surface area contributed by atoms with Crippen LogP contribution in [0.25, 0.3) is 23.5 Å². The molecule has 0 aliphatic heterocycles. The van der Waals surface area contributed by atoms with Crippen LogP contribution < -0.4 is 0 Å². The molecule has 2 heteroatoms. The summed E-state index contributed by atoms with van der Waals surface area (Å²) in [6.07, 6.45) is 7.82. The maximum absolute atomic E-state index is 3.87. The van der Waals surface area contributed by atoms with Gasteiger partial charge in [0.15, 0.2) is 0 Å². The van der Waals surface area contributed by atoms with Crippen LogP contribution in [0.2, 0.25) is 0 Å². The molecule has 0 N–H and O–H groups in total. The zero-order valence-corrected chi connectivity index (χ0v) is 11.2. The van der Waals surface area contributed by atoms with Crippen LogP contribution in [0.15, 0.2) is 74.1 Å². The van der Waals surface area contributed by atoms with Crippen LogP contribution in [0.4, 0.5) is 0 Å². The van der Waals surface area contributed by atoms with Crippen molar-refractivity contribution >= 4 is 12.2 Å². The zero-order chi connectivity index (χ0) is 13.9. The van der Waals surface area contributed by atoms with E-state index in [0.717, 1.165) is 22.8 Å². The highest BCUT2D eigenvalue weighted by atomic mass is 15.0. The molecular weight excluding hydrogens is 244 g/mol. The summed E-state index contributed by atoms with van der Waals surface area (Å²) >= 11 is 0. The van der Waals surface area contributed by atoms with E-state index in [0.29, 0.717) is 0 Å². The molecule has 0 amide bonds. The molecule has 2 nitrogen and oxygen atoms in total. The minimum absolute atomic E-state index is 1.07. The molecule has 2 heterocycles. The molecule has 1 aromatic carbocycles. The van der Waals surface area contributed by atoms with E-state index in [2.05, 4.69) is 34.4 Å². The third kappa shape index (κ3) is 1.91. The number of hydrogen-bond donors (Lipinski definition) is 0. The van der Waals surface area contributed by atoms with Gasteiger partial charge in [-0.3, -0.25) is 0 Å². The standard InChI is InChI=1S/C18H16N2/c1-3-15-9-7-13-19(15)17-11-5-6-12-18(17)20-14-8-10-16(20)4-2/h3-14H,1-2H2. The summed E-state index contributed by atoms with van der Waals surface area (Å²) in [4.78, 5) is 0. The average molecular weight is 260 g/mol. The molecule has 0 fully saturated rings. The van der Waals surface area contributed by atoms with Crippen molar-refractivity contribution in [1.82, 2.24) is 9.13 Å². The van der Waals surface area contributed by atoms with Crippen molar-refractivity contribution in [2.45, 2.75) is 0 Å². The SMILES string of the molecule is C=Cc1cccn1-c1ccccc1-n1cccc1C=C. The minimum atomic E-state index is 1.07. The lowest BCUT2D eigenvalue weighted by molar-refractivity contribution is 0.989. The lowest BCUT2D eigenvalue weighted by atomic mass is 10.2. The Kier molecular flexibility index (Phi) is 3.13. The molecule has 0 spiro atoms. The summed E-state index contributed by atoms with van der Waals surface area (Å²) in [6, 6.07) is 16.5. The van der Waals surface area contributed by atoms with Crippen molar-refractivity contribution in [2.75, 3.05) is 0 Å². The third-order valence-corrected chi connectivity index (χ3v) is 3.38. The molecule has 20 heavy (non-hydrogen) atoms. The Bertz CT molecular complexity index is 694. The molecule has 98 valence electrons. The van der Waals surface area contributed by atoms with E-state index in [1.165, 1.54) is 0 Å². The molecule has 0 saturated carbocycles. The van der Waals surface area contributed by atoms with E-state index in [-0.39, 0.29) is 0 Å². The Labute approximate surface area is 118 Å². The minimum Gasteiger partial charge on any atom is -0.315 e. The van der Waals surface area contributed by atoms with Gasteiger partial charge in [0, 0.05) is 23.8 Å². The summed E-state index contributed by atoms with van der Waals surface area (Å²) in [7, 11) is 0. The smallest absolute Gasteiger partial charge is 0.0696 e. The Morgan fingerprint density at radius 1 is 0.650 bits per heavy atom. The van der Waals surface area contributed by atoms with E-state index >= 15 is 0 Å². The fourth-order valence-corrected chi connectivity index (χ4v) is 2.43. The van der Waals surface area contributed by atoms with Gasteiger partial charge in [0.25, 0.3) is 0 Å². The Hall–Kier alpha value is -2.74. The molecule has 0 bridgehead atoms. The molecule has 0 radical (unpaired) electrons. The maximum atomic E-state index is 3.87. The predicted molar refractivity (Wildman–Crippen MR) is 85.3 cm³/mol. The summed E-state index contributed by atoms with van der Waals surface area (Å²) < 4.78 is 4.27. The van der Waals surface area contributed by atoms with Crippen molar-refractivity contribution in [1.29, 1.82) is 0 Å². The number of aromatic nitrogens is 2. The van der Waals surface area contributed by atoms with E-state index in [4.69, 9.17) is 0 Å². The molecule has 3 aromatic rings. The van der Waals surface area contributed by atoms with Crippen LogP contribution in [-0.2, 0) is 0 Å². The number of hydrogen-bond acceptors (Lipinski definition) is 0. The van der Waals surface area contributed by atoms with Crippen molar-refractivity contribution < 1.29 is 0 Å². The van der Waals surface area contributed by atoms with Crippen molar-refractivity contribution in [3.8, 4) is 11.4 Å². The van der Waals surface area contributed by atoms with Crippen molar-refractivity contribution in [3.05, 3.63) is 85.5 Å². The molecule has 3 rings (SSSR count). The maximum Gasteiger partial charge on any atom is 0.0696 e. The molecule has 0 aliphatic rings. The molecule has 0 atom stereocenters. The van der Waals surface area contributed by atoms with Crippen LogP contribution in [0, 0.1) is 0 Å². The summed E-state index contributed by atoms with van der Waals surface area (Å²) in [5.41, 5.74) is 4.38. The van der Waals surface area contributed by atoms with Gasteiger partial charge in [-0.1, -0.05) is 25.3 Å². The van der Waals surface area contributed by atoms with Crippen molar-refractivity contribution in [3.63, 3.8) is 0 Å². The van der Waals surface area contributed by atoms with Gasteiger partial charge in [-0.05, 0) is 48.6 Å². The fraction of sp³-hybridized carbons (Fsp3) is 0. The van der Waals surface area contributed by atoms with Crippen molar-refractivity contribution in [2.24, 2.45) is 0 Å². The highest BCUT2D eigenvalue weighted by Gasteiger charge is 2.09. The second-order valence-electron chi connectivity index (χ2n) is 4.50. The quantitative estimate of drug-likeness (QED) is 0.651. The van der Waals surface area contributed by atoms with Gasteiger partial charge in [0.05, 0.1) is 11.4 Å². The molecular formula is C18H16N2. The highest BCUT2D eigenvalue weighted by Crippen LogP contribution is 2.23. The van der Waals surface area contributed by atoms with E-state index in [1.54, 1.807) is 0 Å². The monoisotopic (exact) mass is 260 g/mol. The van der Waals surface area contributed by atoms with Gasteiger partial charge in [-0.2, -0.15) is 0 Å². The van der Waals surface area contributed by atoms with Crippen LogP contribution in [0.1, 0.15) is 11.4 Å². The van der Waals surface area contributed by atoms with Crippen LogP contribution in [-0.4, -0.2) is 9.13 Å². The Morgan fingerprint density at radius 2 is 1.10 bits per heavy atom. The summed E-state index contributed by atoms with van der Waals surface area (Å²) in [5, 5.41) is 0. The molecule has 0 aliphatic carbocycles. The second-order valence-corrected chi connectivity index (χ2v) is 4.50. The molecule has 0 saturated heterocycles. The lowest BCUT2D eigenvalue weighted by Crippen LogP contribution is -2.03. The van der Waals surface area contributed by atoms with E-state index in [1.807, 2.05) is 60.9 Å². The average Bonchev–Trinajstić information content (AvgIpc) is 3.15. The number of nitrogens with zero attached hydrogens (tertiary/aromatic N) is 2. The Morgan fingerprint density at radius 3 is 1.50 bits per heavy atom. The first-order chi connectivity index (χ1) is 9.85. The number of benzene rings is 1.